The number of ketones is 1. The lowest BCUT2D eigenvalue weighted by molar-refractivity contribution is -0.147. The van der Waals surface area contributed by atoms with Crippen LogP contribution in [-0.2, 0) is 9.53 Å². The average Bonchev–Trinajstić information content (AvgIpc) is 2.95. The normalized spacial score (nSPS) is 29.8. The second-order valence-corrected chi connectivity index (χ2v) is 6.64. The van der Waals surface area contributed by atoms with Crippen LogP contribution in [0.4, 0.5) is 0 Å². The van der Waals surface area contributed by atoms with Crippen molar-refractivity contribution in [1.29, 1.82) is 0 Å². The summed E-state index contributed by atoms with van der Waals surface area (Å²) in [5.74, 6) is -0.0718. The molecular formula is C16H18ClNO3. The maximum Gasteiger partial charge on any atom is 0.306 e. The maximum atomic E-state index is 12.7. The zero-order valence-corrected chi connectivity index (χ0v) is 12.8. The van der Waals surface area contributed by atoms with Crippen molar-refractivity contribution < 1.29 is 14.3 Å². The Morgan fingerprint density at radius 1 is 1.38 bits per heavy atom. The van der Waals surface area contributed by atoms with Crippen LogP contribution in [0.3, 0.4) is 0 Å². The molecule has 21 heavy (non-hydrogen) atoms. The van der Waals surface area contributed by atoms with Gasteiger partial charge in [-0.3, -0.25) is 9.59 Å². The van der Waals surface area contributed by atoms with E-state index in [1.54, 1.807) is 18.3 Å². The Kier molecular flexibility index (Phi) is 3.52. The number of Topliss-reactive ketones (excluding diaryl/α,β-unsaturated/α-hetero) is 1. The van der Waals surface area contributed by atoms with Crippen LogP contribution in [-0.4, -0.2) is 23.3 Å². The molecule has 3 fully saturated rings. The molecule has 0 amide bonds. The van der Waals surface area contributed by atoms with Gasteiger partial charge in [0.25, 0.3) is 0 Å². The number of halogens is 1. The third-order valence-electron chi connectivity index (χ3n) is 4.87. The number of carbonyl (C=O) groups excluding carboxylic acids is 2. The minimum Gasteiger partial charge on any atom is -0.466 e. The van der Waals surface area contributed by atoms with Gasteiger partial charge in [0.1, 0.15) is 5.15 Å². The number of esters is 1. The lowest BCUT2D eigenvalue weighted by atomic mass is 9.56. The van der Waals surface area contributed by atoms with Gasteiger partial charge in [0.05, 0.1) is 18.6 Å². The van der Waals surface area contributed by atoms with Crippen LogP contribution in [0.2, 0.25) is 5.15 Å². The SMILES string of the molecule is CCOC(=O)CC12CCC(C(=O)c3cccnc3Cl)(C1)C2. The number of hydrogen-bond donors (Lipinski definition) is 0. The largest absolute Gasteiger partial charge is 0.466 e. The molecule has 0 atom stereocenters. The van der Waals surface area contributed by atoms with Gasteiger partial charge in [0.15, 0.2) is 5.78 Å². The van der Waals surface area contributed by atoms with E-state index in [2.05, 4.69) is 4.98 Å². The summed E-state index contributed by atoms with van der Waals surface area (Å²) in [5.41, 5.74) is 0.140. The van der Waals surface area contributed by atoms with Crippen LogP contribution < -0.4 is 0 Å². The zero-order valence-electron chi connectivity index (χ0n) is 12.0. The van der Waals surface area contributed by atoms with Crippen LogP contribution in [0.5, 0.6) is 0 Å². The molecule has 0 aromatic carbocycles. The van der Waals surface area contributed by atoms with Crippen LogP contribution in [0.25, 0.3) is 0 Å². The molecule has 2 bridgehead atoms. The minimum atomic E-state index is -0.334. The van der Waals surface area contributed by atoms with E-state index in [0.29, 0.717) is 18.6 Å². The quantitative estimate of drug-likeness (QED) is 0.475. The Morgan fingerprint density at radius 2 is 2.14 bits per heavy atom. The molecule has 1 heterocycles. The highest BCUT2D eigenvalue weighted by atomic mass is 35.5. The second kappa shape index (κ2) is 5.09. The number of fused-ring (bicyclic) bond motifs is 1. The molecule has 0 radical (unpaired) electrons. The van der Waals surface area contributed by atoms with E-state index in [1.165, 1.54) is 0 Å². The summed E-state index contributed by atoms with van der Waals surface area (Å²) in [7, 11) is 0. The fourth-order valence-electron chi connectivity index (χ4n) is 4.09. The first kappa shape index (κ1) is 14.5. The monoisotopic (exact) mass is 307 g/mol. The highest BCUT2D eigenvalue weighted by molar-refractivity contribution is 6.33. The Balaban J connectivity index is 1.72. The zero-order chi connectivity index (χ0) is 15.1. The highest BCUT2D eigenvalue weighted by Crippen LogP contribution is 2.69. The summed E-state index contributed by atoms with van der Waals surface area (Å²) in [5, 5.41) is 0.270. The van der Waals surface area contributed by atoms with Crippen molar-refractivity contribution >= 4 is 23.4 Å². The summed E-state index contributed by atoms with van der Waals surface area (Å²) in [6.45, 7) is 2.22. The van der Waals surface area contributed by atoms with Crippen molar-refractivity contribution in [2.24, 2.45) is 10.8 Å². The van der Waals surface area contributed by atoms with Gasteiger partial charge in [-0.25, -0.2) is 4.98 Å². The highest BCUT2D eigenvalue weighted by Gasteiger charge is 2.64. The van der Waals surface area contributed by atoms with Crippen molar-refractivity contribution in [2.45, 2.75) is 39.0 Å². The lowest BCUT2D eigenvalue weighted by Crippen LogP contribution is -2.44. The smallest absolute Gasteiger partial charge is 0.306 e. The number of nitrogens with zero attached hydrogens (tertiary/aromatic N) is 1. The molecule has 0 saturated heterocycles. The fourth-order valence-corrected chi connectivity index (χ4v) is 4.29. The van der Waals surface area contributed by atoms with Gasteiger partial charge in [-0.1, -0.05) is 11.6 Å². The van der Waals surface area contributed by atoms with Gasteiger partial charge in [-0.05, 0) is 50.2 Å². The molecular weight excluding hydrogens is 290 g/mol. The predicted molar refractivity (Wildman–Crippen MR) is 78.2 cm³/mol. The average molecular weight is 308 g/mol. The van der Waals surface area contributed by atoms with E-state index >= 15 is 0 Å². The van der Waals surface area contributed by atoms with Crippen molar-refractivity contribution in [3.8, 4) is 0 Å². The predicted octanol–water partition coefficient (Wildman–Crippen LogP) is 3.43. The summed E-state index contributed by atoms with van der Waals surface area (Å²) >= 11 is 6.03. The molecule has 3 aliphatic carbocycles. The number of aromatic nitrogens is 1. The number of ether oxygens (including phenoxy) is 1. The van der Waals surface area contributed by atoms with Gasteiger partial charge >= 0.3 is 5.97 Å². The van der Waals surface area contributed by atoms with E-state index in [1.807, 2.05) is 6.92 Å². The van der Waals surface area contributed by atoms with E-state index < -0.39 is 0 Å². The van der Waals surface area contributed by atoms with Crippen molar-refractivity contribution in [1.82, 2.24) is 4.98 Å². The number of pyridine rings is 1. The van der Waals surface area contributed by atoms with Gasteiger partial charge < -0.3 is 4.74 Å². The minimum absolute atomic E-state index is 0.0312. The lowest BCUT2D eigenvalue weighted by Gasteiger charge is -2.46. The molecule has 3 saturated carbocycles. The maximum absolute atomic E-state index is 12.7. The molecule has 3 aliphatic rings. The van der Waals surface area contributed by atoms with Gasteiger partial charge in [0.2, 0.25) is 0 Å². The van der Waals surface area contributed by atoms with Crippen molar-refractivity contribution in [3.63, 3.8) is 0 Å². The van der Waals surface area contributed by atoms with Crippen LogP contribution in [0.1, 0.15) is 49.4 Å². The third-order valence-corrected chi connectivity index (χ3v) is 5.17. The van der Waals surface area contributed by atoms with Crippen LogP contribution >= 0.6 is 11.6 Å². The summed E-state index contributed by atoms with van der Waals surface area (Å²) < 4.78 is 5.04. The molecule has 1 aromatic heterocycles. The first-order chi connectivity index (χ1) is 10.0. The van der Waals surface area contributed by atoms with Gasteiger partial charge in [0, 0.05) is 11.6 Å². The molecule has 0 N–H and O–H groups in total. The standard InChI is InChI=1S/C16H18ClNO3/c1-2-21-12(19)8-15-5-6-16(9-15,10-15)13(20)11-4-3-7-18-14(11)17/h3-4,7H,2,5-6,8-10H2,1H3. The fraction of sp³-hybridized carbons (Fsp3) is 0.562. The van der Waals surface area contributed by atoms with E-state index in [9.17, 15) is 9.59 Å². The Morgan fingerprint density at radius 3 is 2.81 bits per heavy atom. The van der Waals surface area contributed by atoms with Crippen LogP contribution in [0, 0.1) is 10.8 Å². The molecule has 0 unspecified atom stereocenters. The molecule has 0 spiro atoms. The first-order valence-corrected chi connectivity index (χ1v) is 7.69. The Labute approximate surface area is 128 Å². The molecule has 0 aliphatic heterocycles. The third kappa shape index (κ3) is 2.35. The molecule has 1 aromatic rings. The summed E-state index contributed by atoms with van der Waals surface area (Å²) in [6.07, 6.45) is 5.28. The summed E-state index contributed by atoms with van der Waals surface area (Å²) in [6, 6.07) is 3.46. The van der Waals surface area contributed by atoms with Crippen LogP contribution in [0.15, 0.2) is 18.3 Å². The Bertz CT molecular complexity index is 593. The van der Waals surface area contributed by atoms with E-state index in [4.69, 9.17) is 16.3 Å². The number of carbonyl (C=O) groups is 2. The van der Waals surface area contributed by atoms with Crippen molar-refractivity contribution in [3.05, 3.63) is 29.0 Å². The van der Waals surface area contributed by atoms with Crippen molar-refractivity contribution in [2.75, 3.05) is 6.61 Å². The number of rotatable bonds is 5. The molecule has 5 heteroatoms. The number of hydrogen-bond acceptors (Lipinski definition) is 4. The molecule has 4 rings (SSSR count). The Hall–Kier alpha value is -1.42. The topological polar surface area (TPSA) is 56.3 Å². The van der Waals surface area contributed by atoms with E-state index in [0.717, 1.165) is 25.7 Å². The first-order valence-electron chi connectivity index (χ1n) is 7.31. The molecule has 4 nitrogen and oxygen atoms in total. The van der Waals surface area contributed by atoms with E-state index in [-0.39, 0.29) is 27.7 Å². The van der Waals surface area contributed by atoms with Gasteiger partial charge in [-0.2, -0.15) is 0 Å². The summed E-state index contributed by atoms with van der Waals surface area (Å²) in [4.78, 5) is 28.4. The van der Waals surface area contributed by atoms with Gasteiger partial charge in [-0.15, -0.1) is 0 Å². The molecule has 112 valence electrons. The second-order valence-electron chi connectivity index (χ2n) is 6.29.